The maximum atomic E-state index is 12.4. The number of benzene rings is 2. The molecule has 1 N–H and O–H groups in total. The van der Waals surface area contributed by atoms with Crippen molar-refractivity contribution >= 4 is 28.6 Å². The van der Waals surface area contributed by atoms with Crippen molar-refractivity contribution in [1.29, 1.82) is 0 Å². The zero-order valence-electron chi connectivity index (χ0n) is 16.0. The summed E-state index contributed by atoms with van der Waals surface area (Å²) < 4.78 is 12.8. The Kier molecular flexibility index (Phi) is 5.53. The van der Waals surface area contributed by atoms with Crippen molar-refractivity contribution in [3.05, 3.63) is 66.7 Å². The van der Waals surface area contributed by atoms with Gasteiger partial charge in [-0.05, 0) is 43.3 Å². The number of rotatable bonds is 7. The van der Waals surface area contributed by atoms with Crippen LogP contribution in [0.4, 0.5) is 0 Å². The molecule has 2 aromatic heterocycles. The lowest BCUT2D eigenvalue weighted by Gasteiger charge is -2.11. The molecule has 148 valence electrons. The van der Waals surface area contributed by atoms with Crippen molar-refractivity contribution in [2.75, 3.05) is 12.9 Å². The molecule has 2 aromatic carbocycles. The molecule has 29 heavy (non-hydrogen) atoms. The number of nitrogens with zero attached hydrogens (tertiary/aromatic N) is 3. The lowest BCUT2D eigenvalue weighted by molar-refractivity contribution is -0.119. The number of hydrogen-bond donors (Lipinski definition) is 1. The quantitative estimate of drug-likeness (QED) is 0.466. The SMILES string of the molecule is COc1ccc(-n2cnnc2SCC(=O)NC(C)c2cc3ccccc3o2)cc1. The topological polar surface area (TPSA) is 82.2 Å². The van der Waals surface area contributed by atoms with Crippen LogP contribution in [0.15, 0.2) is 70.5 Å². The number of furan rings is 1. The summed E-state index contributed by atoms with van der Waals surface area (Å²) in [5.74, 6) is 1.62. The predicted octanol–water partition coefficient (Wildman–Crippen LogP) is 3.99. The second-order valence-corrected chi connectivity index (χ2v) is 7.39. The van der Waals surface area contributed by atoms with Crippen molar-refractivity contribution in [1.82, 2.24) is 20.1 Å². The Morgan fingerprint density at radius 2 is 2.03 bits per heavy atom. The van der Waals surface area contributed by atoms with Gasteiger partial charge >= 0.3 is 0 Å². The predicted molar refractivity (Wildman–Crippen MR) is 111 cm³/mol. The van der Waals surface area contributed by atoms with E-state index in [1.165, 1.54) is 11.8 Å². The van der Waals surface area contributed by atoms with Gasteiger partial charge in [0.05, 0.1) is 18.9 Å². The number of methoxy groups -OCH3 is 1. The van der Waals surface area contributed by atoms with Crippen LogP contribution in [0, 0.1) is 0 Å². The first-order valence-corrected chi connectivity index (χ1v) is 10.1. The normalized spacial score (nSPS) is 12.1. The molecule has 1 amide bonds. The van der Waals surface area contributed by atoms with E-state index in [4.69, 9.17) is 9.15 Å². The monoisotopic (exact) mass is 408 g/mol. The van der Waals surface area contributed by atoms with E-state index in [0.717, 1.165) is 28.2 Å². The third kappa shape index (κ3) is 4.27. The van der Waals surface area contributed by atoms with Gasteiger partial charge in [0.25, 0.3) is 0 Å². The zero-order valence-corrected chi connectivity index (χ0v) is 16.8. The Bertz CT molecular complexity index is 1090. The molecule has 7 nitrogen and oxygen atoms in total. The molecular formula is C21H20N4O3S. The average molecular weight is 408 g/mol. The number of carbonyl (C=O) groups excluding carboxylic acids is 1. The van der Waals surface area contributed by atoms with Gasteiger partial charge in [-0.15, -0.1) is 10.2 Å². The largest absolute Gasteiger partial charge is 0.497 e. The van der Waals surface area contributed by atoms with Gasteiger partial charge in [-0.2, -0.15) is 0 Å². The van der Waals surface area contributed by atoms with Crippen LogP contribution in [0.25, 0.3) is 16.7 Å². The van der Waals surface area contributed by atoms with E-state index < -0.39 is 0 Å². The molecule has 0 saturated heterocycles. The van der Waals surface area contributed by atoms with E-state index in [9.17, 15) is 4.79 Å². The highest BCUT2D eigenvalue weighted by molar-refractivity contribution is 7.99. The van der Waals surface area contributed by atoms with Gasteiger partial charge in [-0.25, -0.2) is 0 Å². The minimum atomic E-state index is -0.227. The molecule has 0 aliphatic heterocycles. The van der Waals surface area contributed by atoms with E-state index in [1.54, 1.807) is 13.4 Å². The second kappa shape index (κ2) is 8.40. The number of fused-ring (bicyclic) bond motifs is 1. The fourth-order valence-corrected chi connectivity index (χ4v) is 3.68. The Morgan fingerprint density at radius 3 is 2.79 bits per heavy atom. The molecular weight excluding hydrogens is 388 g/mol. The molecule has 1 unspecified atom stereocenters. The highest BCUT2D eigenvalue weighted by Crippen LogP contribution is 2.24. The lowest BCUT2D eigenvalue weighted by Crippen LogP contribution is -2.28. The molecule has 0 radical (unpaired) electrons. The van der Waals surface area contributed by atoms with Crippen molar-refractivity contribution in [3.63, 3.8) is 0 Å². The van der Waals surface area contributed by atoms with E-state index in [-0.39, 0.29) is 17.7 Å². The summed E-state index contributed by atoms with van der Waals surface area (Å²) in [6.07, 6.45) is 1.62. The summed E-state index contributed by atoms with van der Waals surface area (Å²) >= 11 is 1.32. The maximum Gasteiger partial charge on any atom is 0.231 e. The van der Waals surface area contributed by atoms with Crippen molar-refractivity contribution in [2.45, 2.75) is 18.1 Å². The van der Waals surface area contributed by atoms with Gasteiger partial charge in [-0.1, -0.05) is 30.0 Å². The summed E-state index contributed by atoms with van der Waals surface area (Å²) in [5.41, 5.74) is 1.71. The van der Waals surface area contributed by atoms with E-state index in [1.807, 2.05) is 66.1 Å². The van der Waals surface area contributed by atoms with Crippen LogP contribution in [-0.4, -0.2) is 33.5 Å². The molecule has 0 fully saturated rings. The number of para-hydroxylation sites is 1. The summed E-state index contributed by atoms with van der Waals surface area (Å²) in [4.78, 5) is 12.4. The molecule has 0 aliphatic carbocycles. The minimum absolute atomic E-state index is 0.104. The zero-order chi connectivity index (χ0) is 20.2. The molecule has 4 rings (SSSR count). The van der Waals surface area contributed by atoms with Crippen molar-refractivity contribution < 1.29 is 13.9 Å². The number of amides is 1. The standard InChI is InChI=1S/C21H20N4O3S/c1-14(19-11-15-5-3-4-6-18(15)28-19)23-20(26)12-29-21-24-22-13-25(21)16-7-9-17(27-2)10-8-16/h3-11,13-14H,12H2,1-2H3,(H,23,26). The first-order valence-electron chi connectivity index (χ1n) is 9.09. The van der Waals surface area contributed by atoms with Crippen LogP contribution in [0.1, 0.15) is 18.7 Å². The first-order chi connectivity index (χ1) is 14.1. The number of hydrogen-bond acceptors (Lipinski definition) is 6. The molecule has 8 heteroatoms. The number of thioether (sulfide) groups is 1. The molecule has 0 spiro atoms. The van der Waals surface area contributed by atoms with Crippen LogP contribution >= 0.6 is 11.8 Å². The highest BCUT2D eigenvalue weighted by Gasteiger charge is 2.16. The Morgan fingerprint density at radius 1 is 1.24 bits per heavy atom. The molecule has 4 aromatic rings. The van der Waals surface area contributed by atoms with Gasteiger partial charge in [-0.3, -0.25) is 9.36 Å². The summed E-state index contributed by atoms with van der Waals surface area (Å²) in [6, 6.07) is 17.1. The average Bonchev–Trinajstić information content (AvgIpc) is 3.39. The Hall–Kier alpha value is -3.26. The van der Waals surface area contributed by atoms with Gasteiger partial charge in [0.2, 0.25) is 5.91 Å². The van der Waals surface area contributed by atoms with Crippen LogP contribution in [0.3, 0.4) is 0 Å². The number of aromatic nitrogens is 3. The molecule has 1 atom stereocenters. The van der Waals surface area contributed by atoms with Gasteiger partial charge < -0.3 is 14.5 Å². The number of ether oxygens (including phenoxy) is 1. The smallest absolute Gasteiger partial charge is 0.231 e. The van der Waals surface area contributed by atoms with Crippen LogP contribution in [-0.2, 0) is 4.79 Å². The van der Waals surface area contributed by atoms with Crippen molar-refractivity contribution in [3.8, 4) is 11.4 Å². The maximum absolute atomic E-state index is 12.4. The summed E-state index contributed by atoms with van der Waals surface area (Å²) in [7, 11) is 1.63. The van der Waals surface area contributed by atoms with E-state index in [0.29, 0.717) is 5.16 Å². The van der Waals surface area contributed by atoms with Gasteiger partial charge in [0.1, 0.15) is 23.4 Å². The summed E-state index contributed by atoms with van der Waals surface area (Å²) in [5, 5.41) is 12.7. The number of carbonyl (C=O) groups is 1. The summed E-state index contributed by atoms with van der Waals surface area (Å²) in [6.45, 7) is 1.90. The third-order valence-electron chi connectivity index (χ3n) is 4.45. The third-order valence-corrected chi connectivity index (χ3v) is 5.39. The van der Waals surface area contributed by atoms with Gasteiger partial charge in [0.15, 0.2) is 5.16 Å². The first kappa shape index (κ1) is 19.1. The number of nitrogens with one attached hydrogen (secondary N) is 1. The highest BCUT2D eigenvalue weighted by atomic mass is 32.2. The Balaban J connectivity index is 1.38. The molecule has 0 saturated carbocycles. The van der Waals surface area contributed by atoms with Crippen LogP contribution in [0.2, 0.25) is 0 Å². The molecule has 0 aliphatic rings. The van der Waals surface area contributed by atoms with E-state index in [2.05, 4.69) is 15.5 Å². The van der Waals surface area contributed by atoms with Crippen LogP contribution < -0.4 is 10.1 Å². The van der Waals surface area contributed by atoms with E-state index >= 15 is 0 Å². The minimum Gasteiger partial charge on any atom is -0.497 e. The fraction of sp³-hybridized carbons (Fsp3) is 0.190. The van der Waals surface area contributed by atoms with Gasteiger partial charge in [0, 0.05) is 11.1 Å². The van der Waals surface area contributed by atoms with Crippen LogP contribution in [0.5, 0.6) is 5.75 Å². The molecule has 2 heterocycles. The molecule has 0 bridgehead atoms. The lowest BCUT2D eigenvalue weighted by atomic mass is 10.2. The Labute approximate surface area is 172 Å². The fourth-order valence-electron chi connectivity index (χ4n) is 2.94. The second-order valence-electron chi connectivity index (χ2n) is 6.45. The van der Waals surface area contributed by atoms with Crippen molar-refractivity contribution in [2.24, 2.45) is 0 Å².